The van der Waals surface area contributed by atoms with Crippen LogP contribution in [0.25, 0.3) is 21.2 Å². The number of carbonyl (C=O) groups excluding carboxylic acids is 1. The summed E-state index contributed by atoms with van der Waals surface area (Å²) in [7, 11) is 3.69. The zero-order valence-corrected chi connectivity index (χ0v) is 21.6. The number of Topliss-reactive ketones (excluding diaryl/α,β-unsaturated/α-hetero) is 1. The molecule has 1 saturated carbocycles. The highest BCUT2D eigenvalue weighted by atomic mass is 32.1. The number of nitrogens with one attached hydrogen (secondary N) is 1. The Balaban J connectivity index is 1.53. The first-order valence-corrected chi connectivity index (χ1v) is 13.4. The zero-order valence-electron chi connectivity index (χ0n) is 20.7. The lowest BCUT2D eigenvalue weighted by Gasteiger charge is -2.33. The lowest BCUT2D eigenvalue weighted by Crippen LogP contribution is -2.35. The molecule has 2 aromatic carbocycles. The maximum absolute atomic E-state index is 14.1. The van der Waals surface area contributed by atoms with Crippen LogP contribution < -0.4 is 10.1 Å². The van der Waals surface area contributed by atoms with E-state index in [1.807, 2.05) is 55.6 Å². The number of nitrogens with zero attached hydrogens (tertiary/aromatic N) is 1. The van der Waals surface area contributed by atoms with E-state index in [1.165, 1.54) is 11.3 Å². The van der Waals surface area contributed by atoms with Gasteiger partial charge in [0.1, 0.15) is 16.4 Å². The van der Waals surface area contributed by atoms with E-state index in [4.69, 9.17) is 4.74 Å². The minimum absolute atomic E-state index is 0.0398. The molecular formula is C30H32N2O3S. The molecule has 0 spiro atoms. The number of hydrogen-bond donors (Lipinski definition) is 2. The fourth-order valence-electron chi connectivity index (χ4n) is 5.55. The summed E-state index contributed by atoms with van der Waals surface area (Å²) < 4.78 is 6.67. The summed E-state index contributed by atoms with van der Waals surface area (Å²) in [6.45, 7) is 0. The predicted molar refractivity (Wildman–Crippen MR) is 146 cm³/mol. The van der Waals surface area contributed by atoms with Crippen molar-refractivity contribution in [2.75, 3.05) is 14.2 Å². The minimum atomic E-state index is -0.233. The number of methoxy groups -OCH3 is 1. The van der Waals surface area contributed by atoms with Gasteiger partial charge in [-0.15, -0.1) is 11.3 Å². The molecule has 1 unspecified atom stereocenters. The summed E-state index contributed by atoms with van der Waals surface area (Å²) >= 11 is 1.40. The first-order valence-electron chi connectivity index (χ1n) is 12.6. The molecule has 0 amide bonds. The normalized spacial score (nSPS) is 18.7. The summed E-state index contributed by atoms with van der Waals surface area (Å²) in [5, 5.41) is 15.1. The Morgan fingerprint density at radius 2 is 1.83 bits per heavy atom. The van der Waals surface area contributed by atoms with Gasteiger partial charge in [0.15, 0.2) is 5.78 Å². The second kappa shape index (κ2) is 10.8. The third kappa shape index (κ3) is 4.88. The van der Waals surface area contributed by atoms with E-state index in [0.717, 1.165) is 58.2 Å². The van der Waals surface area contributed by atoms with Crippen molar-refractivity contribution >= 4 is 27.2 Å². The van der Waals surface area contributed by atoms with E-state index in [1.54, 1.807) is 19.5 Å². The van der Waals surface area contributed by atoms with Crippen molar-refractivity contribution in [3.8, 4) is 22.6 Å². The van der Waals surface area contributed by atoms with Gasteiger partial charge in [0.25, 0.3) is 0 Å². The van der Waals surface area contributed by atoms with Gasteiger partial charge in [-0.3, -0.25) is 9.78 Å². The molecule has 0 aliphatic heterocycles. The Morgan fingerprint density at radius 3 is 2.53 bits per heavy atom. The molecule has 4 aromatic rings. The highest BCUT2D eigenvalue weighted by molar-refractivity contribution is 7.21. The van der Waals surface area contributed by atoms with Crippen LogP contribution in [0.5, 0.6) is 11.5 Å². The van der Waals surface area contributed by atoms with Crippen LogP contribution in [0.15, 0.2) is 67.0 Å². The monoisotopic (exact) mass is 500 g/mol. The second-order valence-electron chi connectivity index (χ2n) is 9.61. The third-order valence-corrected chi connectivity index (χ3v) is 8.79. The molecule has 1 atom stereocenters. The van der Waals surface area contributed by atoms with Crippen molar-refractivity contribution in [3.63, 3.8) is 0 Å². The molecular weight excluding hydrogens is 468 g/mol. The number of fused-ring (bicyclic) bond motifs is 1. The van der Waals surface area contributed by atoms with E-state index >= 15 is 0 Å². The molecule has 5 nitrogen and oxygen atoms in total. The lowest BCUT2D eigenvalue weighted by molar-refractivity contribution is 0.0837. The van der Waals surface area contributed by atoms with Gasteiger partial charge in [0, 0.05) is 34.4 Å². The molecule has 1 fully saturated rings. The first kappa shape index (κ1) is 24.5. The Kier molecular flexibility index (Phi) is 7.35. The molecule has 186 valence electrons. The predicted octanol–water partition coefficient (Wildman–Crippen LogP) is 6.50. The van der Waals surface area contributed by atoms with Crippen molar-refractivity contribution in [2.45, 2.75) is 38.1 Å². The average Bonchev–Trinajstić information content (AvgIpc) is 3.28. The lowest BCUT2D eigenvalue weighted by atomic mass is 9.73. The minimum Gasteiger partial charge on any atom is -0.506 e. The van der Waals surface area contributed by atoms with Crippen molar-refractivity contribution in [3.05, 3.63) is 77.4 Å². The number of ketones is 1. The van der Waals surface area contributed by atoms with Crippen LogP contribution in [0.2, 0.25) is 0 Å². The van der Waals surface area contributed by atoms with E-state index in [2.05, 4.69) is 16.4 Å². The van der Waals surface area contributed by atoms with Crippen LogP contribution in [-0.4, -0.2) is 36.1 Å². The van der Waals surface area contributed by atoms with Gasteiger partial charge in [0.05, 0.1) is 7.11 Å². The van der Waals surface area contributed by atoms with E-state index < -0.39 is 0 Å². The van der Waals surface area contributed by atoms with Gasteiger partial charge in [-0.2, -0.15) is 0 Å². The fraction of sp³-hybridized carbons (Fsp3) is 0.333. The van der Waals surface area contributed by atoms with Gasteiger partial charge >= 0.3 is 0 Å². The van der Waals surface area contributed by atoms with E-state index in [0.29, 0.717) is 17.3 Å². The highest BCUT2D eigenvalue weighted by Gasteiger charge is 2.35. The maximum atomic E-state index is 14.1. The molecule has 36 heavy (non-hydrogen) atoms. The number of benzene rings is 2. The molecule has 2 heterocycles. The molecule has 0 saturated heterocycles. The Labute approximate surface area is 216 Å². The molecule has 6 heteroatoms. The fourth-order valence-corrected chi connectivity index (χ4v) is 6.65. The van der Waals surface area contributed by atoms with E-state index in [9.17, 15) is 9.90 Å². The van der Waals surface area contributed by atoms with Gasteiger partial charge in [0.2, 0.25) is 0 Å². The maximum Gasteiger partial charge on any atom is 0.180 e. The summed E-state index contributed by atoms with van der Waals surface area (Å²) in [5.41, 5.74) is 3.16. The third-order valence-electron chi connectivity index (χ3n) is 7.61. The molecule has 1 aliphatic carbocycles. The van der Waals surface area contributed by atoms with Crippen molar-refractivity contribution in [2.24, 2.45) is 11.8 Å². The molecule has 0 bridgehead atoms. The topological polar surface area (TPSA) is 71.5 Å². The van der Waals surface area contributed by atoms with Crippen molar-refractivity contribution < 1.29 is 14.6 Å². The van der Waals surface area contributed by atoms with Gasteiger partial charge < -0.3 is 15.2 Å². The summed E-state index contributed by atoms with van der Waals surface area (Å²) in [6, 6.07) is 18.3. The van der Waals surface area contributed by atoms with Crippen molar-refractivity contribution in [1.29, 1.82) is 0 Å². The van der Waals surface area contributed by atoms with Gasteiger partial charge in [-0.05, 0) is 98.2 Å². The van der Waals surface area contributed by atoms with E-state index in [-0.39, 0.29) is 23.4 Å². The van der Waals surface area contributed by atoms with Crippen LogP contribution in [0.1, 0.15) is 40.9 Å². The number of thiophene rings is 1. The highest BCUT2D eigenvalue weighted by Crippen LogP contribution is 2.42. The second-order valence-corrected chi connectivity index (χ2v) is 10.7. The number of rotatable bonds is 8. The largest absolute Gasteiger partial charge is 0.506 e. The number of ether oxygens (including phenoxy) is 1. The van der Waals surface area contributed by atoms with Gasteiger partial charge in [-0.25, -0.2) is 0 Å². The van der Waals surface area contributed by atoms with Crippen LogP contribution in [0.3, 0.4) is 0 Å². The molecule has 2 aromatic heterocycles. The molecule has 0 radical (unpaired) electrons. The summed E-state index contributed by atoms with van der Waals surface area (Å²) in [4.78, 5) is 18.7. The first-order chi connectivity index (χ1) is 17.6. The number of aromatic nitrogens is 1. The number of pyridine rings is 1. The van der Waals surface area contributed by atoms with Crippen LogP contribution in [0.4, 0.5) is 0 Å². The van der Waals surface area contributed by atoms with Crippen LogP contribution in [-0.2, 0) is 6.42 Å². The molecule has 5 rings (SSSR count). The SMILES string of the molecule is CNC1CCC(C(Cc2cc(-c3ccncc3)ccc2OC)C(=O)c2sc3ccccc3c2O)CC1. The van der Waals surface area contributed by atoms with Crippen LogP contribution >= 0.6 is 11.3 Å². The smallest absolute Gasteiger partial charge is 0.180 e. The molecule has 1 aliphatic rings. The quantitative estimate of drug-likeness (QED) is 0.270. The Hall–Kier alpha value is -3.22. The van der Waals surface area contributed by atoms with Gasteiger partial charge in [-0.1, -0.05) is 18.2 Å². The number of hydrogen-bond acceptors (Lipinski definition) is 6. The zero-order chi connectivity index (χ0) is 25.1. The number of aromatic hydroxyl groups is 1. The number of carbonyl (C=O) groups is 1. The summed E-state index contributed by atoms with van der Waals surface area (Å²) in [5.74, 6) is 0.962. The van der Waals surface area contributed by atoms with Crippen molar-refractivity contribution in [1.82, 2.24) is 10.3 Å². The Bertz CT molecular complexity index is 1340. The Morgan fingerprint density at radius 1 is 1.08 bits per heavy atom. The standard InChI is InChI=1S/C30H32N2O3S/c1-31-23-10-7-20(8-11-23)25(29(34)30-28(33)24-5-3-4-6-27(24)36-30)18-22-17-21(9-12-26(22)35-2)19-13-15-32-16-14-19/h3-6,9,12-17,20,23,25,31,33H,7-8,10-11,18H2,1-2H3. The summed E-state index contributed by atoms with van der Waals surface area (Å²) in [6.07, 6.45) is 8.23. The average molecular weight is 501 g/mol. The molecule has 2 N–H and O–H groups in total. The van der Waals surface area contributed by atoms with Crippen LogP contribution in [0, 0.1) is 11.8 Å².